The molecule has 0 aliphatic heterocycles. The second-order valence-electron chi connectivity index (χ2n) is 5.68. The zero-order chi connectivity index (χ0) is 19.0. The molecule has 0 amide bonds. The van der Waals surface area contributed by atoms with Gasteiger partial charge in [0.1, 0.15) is 5.82 Å². The molecule has 138 valence electrons. The molecule has 0 radical (unpaired) electrons. The van der Waals surface area contributed by atoms with Gasteiger partial charge in [-0.25, -0.2) is 4.39 Å². The highest BCUT2D eigenvalue weighted by atomic mass is 35.5. The van der Waals surface area contributed by atoms with Gasteiger partial charge in [-0.2, -0.15) is 4.98 Å². The first-order chi connectivity index (χ1) is 13.0. The van der Waals surface area contributed by atoms with Crippen LogP contribution in [0.25, 0.3) is 22.2 Å². The summed E-state index contributed by atoms with van der Waals surface area (Å²) >= 11 is 8.98. The number of hydrogen-bond acceptors (Lipinski definition) is 7. The van der Waals surface area contributed by atoms with E-state index in [0.717, 1.165) is 15.9 Å². The molecule has 0 aliphatic carbocycles. The van der Waals surface area contributed by atoms with Crippen LogP contribution in [0.15, 0.2) is 45.4 Å². The maximum atomic E-state index is 14.0. The summed E-state index contributed by atoms with van der Waals surface area (Å²) in [6.45, 7) is 1.92. The fourth-order valence-corrected chi connectivity index (χ4v) is 4.19. The summed E-state index contributed by atoms with van der Waals surface area (Å²) in [5.41, 5.74) is 0.178. The Bertz CT molecular complexity index is 1080. The van der Waals surface area contributed by atoms with Crippen LogP contribution in [0.4, 0.5) is 4.39 Å². The molecule has 4 rings (SSSR count). The Kier molecular flexibility index (Phi) is 4.98. The molecule has 1 aromatic carbocycles. The highest BCUT2D eigenvalue weighted by Crippen LogP contribution is 2.35. The first-order valence-electron chi connectivity index (χ1n) is 7.92. The van der Waals surface area contributed by atoms with Gasteiger partial charge >= 0.3 is 0 Å². The molecule has 0 spiro atoms. The molecule has 4 aromatic rings. The fourth-order valence-electron chi connectivity index (χ4n) is 2.42. The van der Waals surface area contributed by atoms with Gasteiger partial charge in [-0.15, -0.1) is 21.5 Å². The predicted molar refractivity (Wildman–Crippen MR) is 103 cm³/mol. The second-order valence-corrected chi connectivity index (χ2v) is 8.38. The van der Waals surface area contributed by atoms with Crippen LogP contribution in [-0.4, -0.2) is 24.9 Å². The molecule has 6 nitrogen and oxygen atoms in total. The average molecular weight is 422 g/mol. The van der Waals surface area contributed by atoms with Gasteiger partial charge in [0, 0.05) is 12.1 Å². The lowest BCUT2D eigenvalue weighted by Crippen LogP contribution is -1.97. The van der Waals surface area contributed by atoms with Crippen LogP contribution < -0.4 is 0 Å². The van der Waals surface area contributed by atoms with Crippen LogP contribution in [-0.2, 0) is 7.05 Å². The van der Waals surface area contributed by atoms with E-state index in [1.807, 2.05) is 36.1 Å². The van der Waals surface area contributed by atoms with E-state index in [-0.39, 0.29) is 16.7 Å². The summed E-state index contributed by atoms with van der Waals surface area (Å²) in [6, 6.07) is 8.17. The molecule has 1 unspecified atom stereocenters. The smallest absolute Gasteiger partial charge is 0.260 e. The number of halogens is 2. The zero-order valence-corrected chi connectivity index (χ0v) is 16.6. The fraction of sp³-hybridized carbons (Fsp3) is 0.176. The van der Waals surface area contributed by atoms with E-state index in [1.165, 1.54) is 30.0 Å². The van der Waals surface area contributed by atoms with Gasteiger partial charge in [0.2, 0.25) is 0 Å². The highest BCUT2D eigenvalue weighted by Gasteiger charge is 2.21. The summed E-state index contributed by atoms with van der Waals surface area (Å²) in [7, 11) is 1.91. The number of thioether (sulfide) groups is 1. The first-order valence-corrected chi connectivity index (χ1v) is 10.1. The summed E-state index contributed by atoms with van der Waals surface area (Å²) in [5.74, 6) is 0.864. The van der Waals surface area contributed by atoms with Crippen molar-refractivity contribution in [2.75, 3.05) is 0 Å². The van der Waals surface area contributed by atoms with Crippen LogP contribution >= 0.6 is 34.7 Å². The summed E-state index contributed by atoms with van der Waals surface area (Å²) in [5, 5.41) is 15.4. The van der Waals surface area contributed by atoms with Crippen LogP contribution in [0.3, 0.4) is 0 Å². The zero-order valence-electron chi connectivity index (χ0n) is 14.3. The Morgan fingerprint density at radius 2 is 2.15 bits per heavy atom. The van der Waals surface area contributed by atoms with E-state index in [9.17, 15) is 4.39 Å². The molecule has 0 saturated carbocycles. The predicted octanol–water partition coefficient (Wildman–Crippen LogP) is 5.24. The van der Waals surface area contributed by atoms with Crippen molar-refractivity contribution in [3.8, 4) is 22.2 Å². The monoisotopic (exact) mass is 421 g/mol. The van der Waals surface area contributed by atoms with E-state index in [0.29, 0.717) is 10.8 Å². The van der Waals surface area contributed by atoms with E-state index >= 15 is 0 Å². The standard InChI is InChI=1S/C17H13ClFN5OS2/c1-9(27-17-22-21-15(24(17)2)13-4-3-7-26-13)14-20-16(25-23-14)11-8-10(18)5-6-12(11)19/h3-9H,1-2H3. The van der Waals surface area contributed by atoms with E-state index in [2.05, 4.69) is 20.3 Å². The maximum Gasteiger partial charge on any atom is 0.260 e. The summed E-state index contributed by atoms with van der Waals surface area (Å²) < 4.78 is 21.1. The summed E-state index contributed by atoms with van der Waals surface area (Å²) in [4.78, 5) is 5.36. The number of rotatable bonds is 5. The molecule has 3 heterocycles. The first kappa shape index (κ1) is 18.1. The van der Waals surface area contributed by atoms with Crippen molar-refractivity contribution in [3.05, 3.63) is 52.4 Å². The molecule has 3 aromatic heterocycles. The Balaban J connectivity index is 1.55. The van der Waals surface area contributed by atoms with Crippen LogP contribution in [0.1, 0.15) is 18.0 Å². The largest absolute Gasteiger partial charge is 0.334 e. The lowest BCUT2D eigenvalue weighted by atomic mass is 10.2. The van der Waals surface area contributed by atoms with E-state index in [4.69, 9.17) is 16.1 Å². The quantitative estimate of drug-likeness (QED) is 0.410. The maximum absolute atomic E-state index is 14.0. The second kappa shape index (κ2) is 7.41. The molecular weight excluding hydrogens is 409 g/mol. The number of aromatic nitrogens is 5. The van der Waals surface area contributed by atoms with Gasteiger partial charge in [-0.05, 0) is 36.6 Å². The average Bonchev–Trinajstić information content (AvgIpc) is 3.39. The normalized spacial score (nSPS) is 12.4. The molecule has 1 atom stereocenters. The van der Waals surface area contributed by atoms with Gasteiger partial charge < -0.3 is 9.09 Å². The van der Waals surface area contributed by atoms with Crippen molar-refractivity contribution in [2.45, 2.75) is 17.3 Å². The number of thiophene rings is 1. The third kappa shape index (κ3) is 3.62. The van der Waals surface area contributed by atoms with Crippen LogP contribution in [0, 0.1) is 5.82 Å². The lowest BCUT2D eigenvalue weighted by molar-refractivity contribution is 0.420. The molecule has 0 fully saturated rings. The third-order valence-corrected chi connectivity index (χ3v) is 6.05. The Hall–Kier alpha value is -2.23. The van der Waals surface area contributed by atoms with Crippen LogP contribution in [0.5, 0.6) is 0 Å². The van der Waals surface area contributed by atoms with Crippen molar-refractivity contribution < 1.29 is 8.91 Å². The Labute approximate surface area is 167 Å². The van der Waals surface area contributed by atoms with Crippen molar-refractivity contribution in [1.82, 2.24) is 24.9 Å². The molecule has 27 heavy (non-hydrogen) atoms. The molecule has 0 bridgehead atoms. The molecule has 10 heteroatoms. The van der Waals surface area contributed by atoms with E-state index < -0.39 is 5.82 Å². The highest BCUT2D eigenvalue weighted by molar-refractivity contribution is 7.99. The lowest BCUT2D eigenvalue weighted by Gasteiger charge is -2.06. The van der Waals surface area contributed by atoms with Gasteiger partial charge in [-0.1, -0.05) is 34.6 Å². The topological polar surface area (TPSA) is 69.6 Å². The van der Waals surface area contributed by atoms with Gasteiger partial charge in [0.25, 0.3) is 5.89 Å². The molecule has 0 saturated heterocycles. The minimum atomic E-state index is -0.469. The SMILES string of the molecule is CC(Sc1nnc(-c2cccs2)n1C)c1noc(-c2cc(Cl)ccc2F)n1. The molecule has 0 aliphatic rings. The number of nitrogens with zero attached hydrogens (tertiary/aromatic N) is 5. The van der Waals surface area contributed by atoms with Crippen molar-refractivity contribution >= 4 is 34.7 Å². The van der Waals surface area contributed by atoms with Crippen molar-refractivity contribution in [3.63, 3.8) is 0 Å². The Morgan fingerprint density at radius 1 is 1.30 bits per heavy atom. The third-order valence-electron chi connectivity index (χ3n) is 3.82. The van der Waals surface area contributed by atoms with E-state index in [1.54, 1.807) is 11.3 Å². The minimum Gasteiger partial charge on any atom is -0.334 e. The van der Waals surface area contributed by atoms with Gasteiger partial charge in [0.15, 0.2) is 16.8 Å². The molecule has 0 N–H and O–H groups in total. The summed E-state index contributed by atoms with van der Waals surface area (Å²) in [6.07, 6.45) is 0. The minimum absolute atomic E-state index is 0.0923. The number of hydrogen-bond donors (Lipinski definition) is 0. The van der Waals surface area contributed by atoms with Crippen molar-refractivity contribution in [1.29, 1.82) is 0 Å². The van der Waals surface area contributed by atoms with Gasteiger partial charge in [-0.3, -0.25) is 0 Å². The Morgan fingerprint density at radius 3 is 2.93 bits per heavy atom. The van der Waals surface area contributed by atoms with Gasteiger partial charge in [0.05, 0.1) is 15.7 Å². The number of benzene rings is 1. The van der Waals surface area contributed by atoms with Crippen molar-refractivity contribution in [2.24, 2.45) is 7.05 Å². The molecular formula is C17H13ClFN5OS2. The van der Waals surface area contributed by atoms with Crippen LogP contribution in [0.2, 0.25) is 5.02 Å².